The maximum absolute atomic E-state index is 11.6. The van der Waals surface area contributed by atoms with Gasteiger partial charge in [0.2, 0.25) is 0 Å². The lowest BCUT2D eigenvalue weighted by molar-refractivity contribution is 0.330. The molecule has 94 valence electrons. The number of hydrogen-bond donors (Lipinski definition) is 0. The lowest BCUT2D eigenvalue weighted by atomic mass is 10.3. The Balaban J connectivity index is 2.23. The Bertz CT molecular complexity index is 346. The largest absolute Gasteiger partial charge is 0.591 e. The van der Waals surface area contributed by atoms with Crippen LogP contribution in [0.1, 0.15) is 27.2 Å². The Hall–Kier alpha value is -1.00. The first-order chi connectivity index (χ1) is 8.00. The standard InChI is InChI=1S/C13H19NO2S/c1-13(2,3)17(15)14-10-7-11-16-12-8-5-4-6-9-12/h4-6,8-10H,7,11H2,1-3H3/t17-/m1/s1. The van der Waals surface area contributed by atoms with Crippen LogP contribution < -0.4 is 4.74 Å². The van der Waals surface area contributed by atoms with Crippen molar-refractivity contribution in [3.05, 3.63) is 30.3 Å². The van der Waals surface area contributed by atoms with Gasteiger partial charge in [-0.3, -0.25) is 0 Å². The van der Waals surface area contributed by atoms with Crippen molar-refractivity contribution >= 4 is 17.6 Å². The van der Waals surface area contributed by atoms with Gasteiger partial charge in [-0.2, -0.15) is 0 Å². The van der Waals surface area contributed by atoms with Crippen molar-refractivity contribution < 1.29 is 9.29 Å². The van der Waals surface area contributed by atoms with Crippen LogP contribution in [0, 0.1) is 0 Å². The summed E-state index contributed by atoms with van der Waals surface area (Å²) in [5.74, 6) is 0.845. The van der Waals surface area contributed by atoms with E-state index in [1.54, 1.807) is 6.21 Å². The van der Waals surface area contributed by atoms with E-state index in [9.17, 15) is 4.55 Å². The van der Waals surface area contributed by atoms with Crippen molar-refractivity contribution in [3.63, 3.8) is 0 Å². The van der Waals surface area contributed by atoms with Gasteiger partial charge in [-0.15, -0.1) is 0 Å². The lowest BCUT2D eigenvalue weighted by Gasteiger charge is -2.17. The summed E-state index contributed by atoms with van der Waals surface area (Å²) in [6.07, 6.45) is 2.33. The molecule has 1 aromatic rings. The zero-order valence-corrected chi connectivity index (χ0v) is 11.4. The molecule has 0 bridgehead atoms. The molecular weight excluding hydrogens is 234 g/mol. The van der Waals surface area contributed by atoms with E-state index in [1.807, 2.05) is 51.1 Å². The first-order valence-corrected chi connectivity index (χ1v) is 6.73. The molecule has 3 nitrogen and oxygen atoms in total. The molecule has 0 aliphatic heterocycles. The van der Waals surface area contributed by atoms with E-state index < -0.39 is 11.4 Å². The molecule has 1 rings (SSSR count). The fourth-order valence-corrected chi connectivity index (χ4v) is 1.58. The average molecular weight is 253 g/mol. The highest BCUT2D eigenvalue weighted by Crippen LogP contribution is 2.16. The summed E-state index contributed by atoms with van der Waals surface area (Å²) in [5, 5.41) is 0. The summed E-state index contributed by atoms with van der Waals surface area (Å²) in [6.45, 7) is 6.26. The Kier molecular flexibility index (Phi) is 5.51. The number of nitrogens with zero attached hydrogens (tertiary/aromatic N) is 1. The first-order valence-electron chi connectivity index (χ1n) is 5.62. The van der Waals surface area contributed by atoms with E-state index in [0.717, 1.165) is 5.75 Å². The van der Waals surface area contributed by atoms with Crippen LogP contribution in [0.15, 0.2) is 34.7 Å². The van der Waals surface area contributed by atoms with Gasteiger partial charge < -0.3 is 9.29 Å². The number of ether oxygens (including phenoxy) is 1. The molecule has 0 saturated heterocycles. The molecule has 0 N–H and O–H groups in total. The van der Waals surface area contributed by atoms with Crippen molar-refractivity contribution in [2.75, 3.05) is 6.61 Å². The maximum Gasteiger partial charge on any atom is 0.144 e. The summed E-state index contributed by atoms with van der Waals surface area (Å²) in [6, 6.07) is 9.62. The second kappa shape index (κ2) is 6.67. The van der Waals surface area contributed by atoms with Crippen molar-refractivity contribution in [1.82, 2.24) is 0 Å². The predicted octanol–water partition coefficient (Wildman–Crippen LogP) is 2.99. The highest BCUT2D eigenvalue weighted by atomic mass is 32.2. The molecule has 0 radical (unpaired) electrons. The van der Waals surface area contributed by atoms with Crippen LogP contribution >= 0.6 is 0 Å². The molecule has 1 aromatic carbocycles. The molecule has 0 aliphatic carbocycles. The summed E-state index contributed by atoms with van der Waals surface area (Å²) >= 11 is -1.17. The normalized spacial score (nSPS) is 13.9. The maximum atomic E-state index is 11.6. The third kappa shape index (κ3) is 5.75. The molecule has 0 heterocycles. The van der Waals surface area contributed by atoms with Gasteiger partial charge in [-0.1, -0.05) is 22.6 Å². The second-order valence-electron chi connectivity index (χ2n) is 4.60. The van der Waals surface area contributed by atoms with Crippen LogP contribution in [-0.2, 0) is 11.4 Å². The molecule has 0 amide bonds. The molecule has 0 spiro atoms. The minimum absolute atomic E-state index is 0.295. The van der Waals surface area contributed by atoms with Crippen molar-refractivity contribution in [3.8, 4) is 5.75 Å². The summed E-state index contributed by atoms with van der Waals surface area (Å²) < 4.78 is 20.8. The molecule has 0 fully saturated rings. The van der Waals surface area contributed by atoms with Crippen LogP contribution in [-0.4, -0.2) is 22.1 Å². The first kappa shape index (κ1) is 14.1. The predicted molar refractivity (Wildman–Crippen MR) is 72.9 cm³/mol. The number of para-hydroxylation sites is 1. The Labute approximate surface area is 106 Å². The highest BCUT2D eigenvalue weighted by molar-refractivity contribution is 7.91. The van der Waals surface area contributed by atoms with Crippen molar-refractivity contribution in [2.24, 2.45) is 4.40 Å². The van der Waals surface area contributed by atoms with Gasteiger partial charge in [-0.05, 0) is 32.9 Å². The number of benzene rings is 1. The molecule has 17 heavy (non-hydrogen) atoms. The number of hydrogen-bond acceptors (Lipinski definition) is 3. The number of rotatable bonds is 5. The Morgan fingerprint density at radius 2 is 1.94 bits per heavy atom. The van der Waals surface area contributed by atoms with Crippen LogP contribution in [0.25, 0.3) is 0 Å². The monoisotopic (exact) mass is 253 g/mol. The van der Waals surface area contributed by atoms with E-state index >= 15 is 0 Å². The van der Waals surface area contributed by atoms with Crippen LogP contribution in [0.5, 0.6) is 5.75 Å². The van der Waals surface area contributed by atoms with Crippen molar-refractivity contribution in [2.45, 2.75) is 31.9 Å². The topological polar surface area (TPSA) is 44.7 Å². The van der Waals surface area contributed by atoms with Crippen LogP contribution in [0.2, 0.25) is 0 Å². The Morgan fingerprint density at radius 3 is 2.53 bits per heavy atom. The van der Waals surface area contributed by atoms with E-state index in [4.69, 9.17) is 4.74 Å². The van der Waals surface area contributed by atoms with Gasteiger partial charge in [-0.25, -0.2) is 0 Å². The third-order valence-electron chi connectivity index (χ3n) is 1.95. The quantitative estimate of drug-likeness (QED) is 0.460. The summed E-state index contributed by atoms with van der Waals surface area (Å²) in [7, 11) is 0. The van der Waals surface area contributed by atoms with Gasteiger partial charge in [0.05, 0.1) is 12.8 Å². The van der Waals surface area contributed by atoms with E-state index in [-0.39, 0.29) is 4.75 Å². The zero-order valence-electron chi connectivity index (χ0n) is 10.6. The Morgan fingerprint density at radius 1 is 1.29 bits per heavy atom. The molecule has 4 heteroatoms. The second-order valence-corrected chi connectivity index (χ2v) is 6.53. The van der Waals surface area contributed by atoms with Crippen LogP contribution in [0.3, 0.4) is 0 Å². The smallest absolute Gasteiger partial charge is 0.144 e. The molecule has 0 aromatic heterocycles. The lowest BCUT2D eigenvalue weighted by Crippen LogP contribution is -2.25. The highest BCUT2D eigenvalue weighted by Gasteiger charge is 2.25. The minimum atomic E-state index is -1.17. The molecule has 0 aliphatic rings. The minimum Gasteiger partial charge on any atom is -0.591 e. The van der Waals surface area contributed by atoms with Gasteiger partial charge in [0, 0.05) is 6.42 Å². The molecule has 0 unspecified atom stereocenters. The summed E-state index contributed by atoms with van der Waals surface area (Å²) in [5.41, 5.74) is 0. The molecular formula is C13H19NO2S. The van der Waals surface area contributed by atoms with E-state index in [2.05, 4.69) is 4.40 Å². The van der Waals surface area contributed by atoms with Crippen LogP contribution in [0.4, 0.5) is 0 Å². The fraction of sp³-hybridized carbons (Fsp3) is 0.462. The van der Waals surface area contributed by atoms with Gasteiger partial charge in [0.25, 0.3) is 0 Å². The SMILES string of the molecule is CC(C)(C)[S@@+]([O-])N=CCCOc1ccccc1. The van der Waals surface area contributed by atoms with Gasteiger partial charge >= 0.3 is 0 Å². The van der Waals surface area contributed by atoms with Gasteiger partial charge in [0.1, 0.15) is 21.9 Å². The average Bonchev–Trinajstić information content (AvgIpc) is 2.28. The van der Waals surface area contributed by atoms with Gasteiger partial charge in [0.15, 0.2) is 0 Å². The molecule has 0 saturated carbocycles. The van der Waals surface area contributed by atoms with Crippen molar-refractivity contribution in [1.29, 1.82) is 0 Å². The van der Waals surface area contributed by atoms with E-state index in [0.29, 0.717) is 13.0 Å². The zero-order chi connectivity index (χ0) is 12.7. The molecule has 1 atom stereocenters. The third-order valence-corrected chi connectivity index (χ3v) is 3.34. The fourth-order valence-electron chi connectivity index (χ4n) is 1.02. The van der Waals surface area contributed by atoms with E-state index in [1.165, 1.54) is 0 Å². The summed E-state index contributed by atoms with van der Waals surface area (Å²) in [4.78, 5) is 0.